The maximum absolute atomic E-state index is 2.57. The van der Waals surface area contributed by atoms with Crippen LogP contribution in [0.5, 0.6) is 0 Å². The van der Waals surface area contributed by atoms with Crippen molar-refractivity contribution in [3.05, 3.63) is 0 Å². The third-order valence-electron chi connectivity index (χ3n) is 1.87. The zero-order valence-corrected chi connectivity index (χ0v) is 7.52. The van der Waals surface area contributed by atoms with Gasteiger partial charge in [0.15, 0.2) is 0 Å². The van der Waals surface area contributed by atoms with Crippen molar-refractivity contribution in [2.24, 2.45) is 5.92 Å². The molecule has 1 unspecified atom stereocenters. The van der Waals surface area contributed by atoms with Gasteiger partial charge in [0, 0.05) is 3.92 Å². The minimum atomic E-state index is 0.983. The molecule has 0 radical (unpaired) electrons. The fourth-order valence-electron chi connectivity index (χ4n) is 1.36. The molecule has 0 bridgehead atoms. The zero-order valence-electron chi connectivity index (χ0n) is 5.36. The van der Waals surface area contributed by atoms with Gasteiger partial charge in [-0.25, -0.2) is 0 Å². The van der Waals surface area contributed by atoms with E-state index in [2.05, 4.69) is 29.5 Å². The highest BCUT2D eigenvalue weighted by Crippen LogP contribution is 2.28. The predicted octanol–water partition coefficient (Wildman–Crippen LogP) is 3.00. The molecule has 0 heterocycles. The van der Waals surface area contributed by atoms with Crippen molar-refractivity contribution < 1.29 is 0 Å². The molecule has 8 heavy (non-hydrogen) atoms. The summed E-state index contributed by atoms with van der Waals surface area (Å²) in [5.74, 6) is 1.01. The fraction of sp³-hybridized carbons (Fsp3) is 1.00. The molecule has 0 aliphatic heterocycles. The van der Waals surface area contributed by atoms with Crippen LogP contribution in [0, 0.1) is 5.92 Å². The van der Waals surface area contributed by atoms with Crippen LogP contribution in [0.3, 0.4) is 0 Å². The first kappa shape index (κ1) is 6.84. The van der Waals surface area contributed by atoms with E-state index in [1.54, 1.807) is 0 Å². The van der Waals surface area contributed by atoms with E-state index in [1.807, 2.05) is 0 Å². The Bertz CT molecular complexity index is 62.8. The van der Waals surface area contributed by atoms with Crippen LogP contribution in [0.25, 0.3) is 0 Å². The maximum atomic E-state index is 2.57. The molecule has 0 spiro atoms. The van der Waals surface area contributed by atoms with Crippen molar-refractivity contribution in [1.82, 2.24) is 0 Å². The Hall–Kier alpha value is 0.730. The second-order valence-electron chi connectivity index (χ2n) is 2.87. The predicted molar refractivity (Wildman–Crippen MR) is 45.4 cm³/mol. The molecule has 2 atom stereocenters. The van der Waals surface area contributed by atoms with Crippen molar-refractivity contribution in [1.29, 1.82) is 0 Å². The maximum Gasteiger partial charge on any atom is 0.0112 e. The van der Waals surface area contributed by atoms with Gasteiger partial charge in [0.1, 0.15) is 0 Å². The first-order valence-electron chi connectivity index (χ1n) is 3.43. The Morgan fingerprint density at radius 3 is 2.50 bits per heavy atom. The van der Waals surface area contributed by atoms with Gasteiger partial charge in [-0.05, 0) is 18.8 Å². The Balaban J connectivity index is 2.23. The lowest BCUT2D eigenvalue weighted by atomic mass is 9.91. The summed E-state index contributed by atoms with van der Waals surface area (Å²) in [6.45, 7) is 2.37. The van der Waals surface area contributed by atoms with Crippen molar-refractivity contribution >= 4 is 22.6 Å². The summed E-state index contributed by atoms with van der Waals surface area (Å²) in [5, 5.41) is 0. The number of hydrogen-bond acceptors (Lipinski definition) is 0. The van der Waals surface area contributed by atoms with E-state index in [9.17, 15) is 0 Å². The molecule has 1 heteroatoms. The van der Waals surface area contributed by atoms with Crippen LogP contribution in [-0.4, -0.2) is 3.92 Å². The van der Waals surface area contributed by atoms with Crippen LogP contribution in [-0.2, 0) is 0 Å². The molecule has 0 saturated heterocycles. The standard InChI is InChI=1S/C7H13I/c1-6-3-2-4-7(8)5-6/h6-7H,2-5H2,1H3/t6?,7-/m1/s1. The lowest BCUT2D eigenvalue weighted by Gasteiger charge is -2.21. The SMILES string of the molecule is CC1CCC[C@@H](I)C1. The van der Waals surface area contributed by atoms with Crippen LogP contribution in [0.1, 0.15) is 32.6 Å². The van der Waals surface area contributed by atoms with Gasteiger partial charge in [-0.3, -0.25) is 0 Å². The third kappa shape index (κ3) is 1.92. The van der Waals surface area contributed by atoms with Gasteiger partial charge in [-0.15, -0.1) is 0 Å². The Kier molecular flexibility index (Phi) is 2.60. The molecular weight excluding hydrogens is 211 g/mol. The van der Waals surface area contributed by atoms with Gasteiger partial charge in [-0.1, -0.05) is 42.4 Å². The van der Waals surface area contributed by atoms with E-state index < -0.39 is 0 Å². The number of alkyl halides is 1. The van der Waals surface area contributed by atoms with E-state index in [4.69, 9.17) is 0 Å². The quantitative estimate of drug-likeness (QED) is 0.438. The highest BCUT2D eigenvalue weighted by Gasteiger charge is 2.14. The summed E-state index contributed by atoms with van der Waals surface area (Å²) >= 11 is 2.57. The number of hydrogen-bond donors (Lipinski definition) is 0. The minimum absolute atomic E-state index is 0.983. The molecule has 1 rings (SSSR count). The molecule has 0 aromatic carbocycles. The van der Waals surface area contributed by atoms with Crippen molar-refractivity contribution in [2.45, 2.75) is 36.5 Å². The Labute approximate surface area is 65.2 Å². The average molecular weight is 224 g/mol. The van der Waals surface area contributed by atoms with Crippen LogP contribution in [0.2, 0.25) is 0 Å². The lowest BCUT2D eigenvalue weighted by molar-refractivity contribution is 0.402. The Morgan fingerprint density at radius 2 is 2.12 bits per heavy atom. The van der Waals surface area contributed by atoms with Crippen LogP contribution in [0.4, 0.5) is 0 Å². The highest BCUT2D eigenvalue weighted by molar-refractivity contribution is 14.1. The molecule has 0 aromatic rings. The summed E-state index contributed by atoms with van der Waals surface area (Å²) in [6.07, 6.45) is 5.86. The monoisotopic (exact) mass is 224 g/mol. The van der Waals surface area contributed by atoms with Gasteiger partial charge in [0.2, 0.25) is 0 Å². The van der Waals surface area contributed by atoms with Gasteiger partial charge < -0.3 is 0 Å². The minimum Gasteiger partial charge on any atom is -0.0826 e. The third-order valence-corrected chi connectivity index (χ3v) is 3.00. The van der Waals surface area contributed by atoms with E-state index in [1.165, 1.54) is 25.7 Å². The lowest BCUT2D eigenvalue weighted by Crippen LogP contribution is -2.11. The van der Waals surface area contributed by atoms with Gasteiger partial charge in [-0.2, -0.15) is 0 Å². The number of halogens is 1. The fourth-order valence-corrected chi connectivity index (χ4v) is 2.67. The first-order valence-corrected chi connectivity index (χ1v) is 4.67. The largest absolute Gasteiger partial charge is 0.0826 e. The summed E-state index contributed by atoms with van der Waals surface area (Å²) in [7, 11) is 0. The molecule has 0 N–H and O–H groups in total. The summed E-state index contributed by atoms with van der Waals surface area (Å²) in [4.78, 5) is 0. The molecule has 0 aromatic heterocycles. The van der Waals surface area contributed by atoms with Crippen molar-refractivity contribution in [3.63, 3.8) is 0 Å². The zero-order chi connectivity index (χ0) is 5.98. The molecule has 1 fully saturated rings. The van der Waals surface area contributed by atoms with E-state index in [0.717, 1.165) is 9.84 Å². The normalized spacial score (nSPS) is 39.8. The average Bonchev–Trinajstić information content (AvgIpc) is 1.64. The smallest absolute Gasteiger partial charge is 0.0112 e. The van der Waals surface area contributed by atoms with E-state index in [0.29, 0.717) is 0 Å². The molecular formula is C7H13I. The molecule has 1 saturated carbocycles. The van der Waals surface area contributed by atoms with Crippen LogP contribution < -0.4 is 0 Å². The van der Waals surface area contributed by atoms with Crippen molar-refractivity contribution in [3.8, 4) is 0 Å². The molecule has 0 nitrogen and oxygen atoms in total. The van der Waals surface area contributed by atoms with Gasteiger partial charge >= 0.3 is 0 Å². The highest BCUT2D eigenvalue weighted by atomic mass is 127. The van der Waals surface area contributed by atoms with Crippen LogP contribution >= 0.6 is 22.6 Å². The van der Waals surface area contributed by atoms with E-state index >= 15 is 0 Å². The summed E-state index contributed by atoms with van der Waals surface area (Å²) in [5.41, 5.74) is 0. The molecule has 48 valence electrons. The summed E-state index contributed by atoms with van der Waals surface area (Å²) in [6, 6.07) is 0. The second-order valence-corrected chi connectivity index (χ2v) is 4.63. The summed E-state index contributed by atoms with van der Waals surface area (Å²) < 4.78 is 0.983. The first-order chi connectivity index (χ1) is 3.79. The Morgan fingerprint density at radius 1 is 1.38 bits per heavy atom. The van der Waals surface area contributed by atoms with E-state index in [-0.39, 0.29) is 0 Å². The molecule has 1 aliphatic carbocycles. The van der Waals surface area contributed by atoms with Crippen LogP contribution in [0.15, 0.2) is 0 Å². The molecule has 0 amide bonds. The van der Waals surface area contributed by atoms with Gasteiger partial charge in [0.25, 0.3) is 0 Å². The second kappa shape index (κ2) is 3.04. The number of rotatable bonds is 0. The van der Waals surface area contributed by atoms with Gasteiger partial charge in [0.05, 0.1) is 0 Å². The van der Waals surface area contributed by atoms with Crippen molar-refractivity contribution in [2.75, 3.05) is 0 Å². The molecule has 1 aliphatic rings. The topological polar surface area (TPSA) is 0 Å².